The Hall–Kier alpha value is -3.77. The first-order valence-corrected chi connectivity index (χ1v) is 8.73. The van der Waals surface area contributed by atoms with Crippen molar-refractivity contribution < 1.29 is 23.5 Å². The summed E-state index contributed by atoms with van der Waals surface area (Å²) in [5.74, 6) is -3.35. The fourth-order valence-electron chi connectivity index (χ4n) is 3.00. The van der Waals surface area contributed by atoms with Crippen LogP contribution < -0.4 is 11.1 Å². The molecule has 0 saturated heterocycles. The average molecular weight is 396 g/mol. The van der Waals surface area contributed by atoms with Crippen molar-refractivity contribution in [3.05, 3.63) is 64.5 Å². The molecule has 3 amide bonds. The third kappa shape index (κ3) is 3.66. The minimum Gasteiger partial charge on any atom is -0.398 e. The lowest BCUT2D eigenvalue weighted by molar-refractivity contribution is -0.140. The third-order valence-corrected chi connectivity index (χ3v) is 4.41. The van der Waals surface area contributed by atoms with Gasteiger partial charge in [0.1, 0.15) is 5.82 Å². The molecule has 0 fully saturated rings. The van der Waals surface area contributed by atoms with Crippen LogP contribution in [0, 0.1) is 17.1 Å². The Bertz CT molecular complexity index is 1050. The lowest BCUT2D eigenvalue weighted by Gasteiger charge is -2.25. The van der Waals surface area contributed by atoms with E-state index in [4.69, 9.17) is 15.7 Å². The van der Waals surface area contributed by atoms with Crippen LogP contribution in [0.3, 0.4) is 0 Å². The summed E-state index contributed by atoms with van der Waals surface area (Å²) in [6, 6.07) is 10.2. The number of rotatable bonds is 6. The molecule has 3 N–H and O–H groups in total. The van der Waals surface area contributed by atoms with Crippen molar-refractivity contribution in [1.29, 1.82) is 5.26 Å². The molecule has 0 radical (unpaired) electrons. The number of ether oxygens (including phenoxy) is 1. The zero-order valence-electron chi connectivity index (χ0n) is 15.4. The number of nitriles is 1. The molecule has 1 heterocycles. The van der Waals surface area contributed by atoms with Gasteiger partial charge in [-0.15, -0.1) is 0 Å². The van der Waals surface area contributed by atoms with Gasteiger partial charge < -0.3 is 15.8 Å². The predicted octanol–water partition coefficient (Wildman–Crippen LogP) is 1.55. The predicted molar refractivity (Wildman–Crippen MR) is 99.7 cm³/mol. The topological polar surface area (TPSA) is 126 Å². The smallest absolute Gasteiger partial charge is 0.271 e. The van der Waals surface area contributed by atoms with E-state index < -0.39 is 29.8 Å². The van der Waals surface area contributed by atoms with Crippen LogP contribution in [0.2, 0.25) is 0 Å². The molecule has 0 bridgehead atoms. The number of anilines is 1. The lowest BCUT2D eigenvalue weighted by Crippen LogP contribution is -2.51. The lowest BCUT2D eigenvalue weighted by atomic mass is 10.1. The number of nitrogen functional groups attached to an aromatic ring is 1. The minimum absolute atomic E-state index is 0.0164. The van der Waals surface area contributed by atoms with Gasteiger partial charge in [-0.2, -0.15) is 5.26 Å². The maximum absolute atomic E-state index is 14.0. The zero-order chi connectivity index (χ0) is 21.1. The van der Waals surface area contributed by atoms with Gasteiger partial charge in [0.05, 0.1) is 22.8 Å². The number of carbonyl (C=O) groups excluding carboxylic acids is 3. The molecule has 148 valence electrons. The molecule has 9 heteroatoms. The van der Waals surface area contributed by atoms with Gasteiger partial charge in [-0.25, -0.2) is 9.29 Å². The summed E-state index contributed by atoms with van der Waals surface area (Å²) >= 11 is 0. The molecule has 2 aromatic rings. The molecule has 2 aromatic carbocycles. The highest BCUT2D eigenvalue weighted by Gasteiger charge is 2.44. The van der Waals surface area contributed by atoms with Gasteiger partial charge in [-0.05, 0) is 36.8 Å². The summed E-state index contributed by atoms with van der Waals surface area (Å²) in [6.07, 6.45) is -1.56. The first kappa shape index (κ1) is 20.0. The maximum atomic E-state index is 14.0. The highest BCUT2D eigenvalue weighted by atomic mass is 19.1. The van der Waals surface area contributed by atoms with E-state index in [0.29, 0.717) is 21.7 Å². The third-order valence-electron chi connectivity index (χ3n) is 4.41. The fraction of sp³-hybridized carbons (Fsp3) is 0.200. The Kier molecular flexibility index (Phi) is 5.57. The van der Waals surface area contributed by atoms with Crippen molar-refractivity contribution in [3.63, 3.8) is 0 Å². The zero-order valence-corrected chi connectivity index (χ0v) is 15.4. The number of fused-ring (bicyclic) bond motifs is 1. The molecule has 1 aliphatic heterocycles. The average Bonchev–Trinajstić information content (AvgIpc) is 2.96. The number of imide groups is 1. The number of amides is 3. The van der Waals surface area contributed by atoms with Crippen molar-refractivity contribution in [2.45, 2.75) is 19.7 Å². The van der Waals surface area contributed by atoms with Crippen LogP contribution in [-0.4, -0.2) is 35.5 Å². The van der Waals surface area contributed by atoms with Gasteiger partial charge in [0.15, 0.2) is 0 Å². The number of hydrogen-bond acceptors (Lipinski definition) is 6. The van der Waals surface area contributed by atoms with Gasteiger partial charge in [0, 0.05) is 18.8 Å². The number of carbonyl (C=O) groups is 3. The van der Waals surface area contributed by atoms with Crippen molar-refractivity contribution in [2.24, 2.45) is 0 Å². The van der Waals surface area contributed by atoms with E-state index in [1.54, 1.807) is 19.1 Å². The molecule has 3 rings (SSSR count). The summed E-state index contributed by atoms with van der Waals surface area (Å²) < 4.78 is 19.4. The largest absolute Gasteiger partial charge is 0.398 e. The molecule has 1 unspecified atom stereocenters. The molecule has 29 heavy (non-hydrogen) atoms. The quantitative estimate of drug-likeness (QED) is 0.564. The molecular weight excluding hydrogens is 379 g/mol. The first-order chi connectivity index (χ1) is 13.9. The van der Waals surface area contributed by atoms with Crippen molar-refractivity contribution in [1.82, 2.24) is 10.2 Å². The SMILES string of the molecule is CCOC(C(=O)NCc1ccc(C#N)cc1N)N1C(=O)c2cccc(F)c2C1=O. The van der Waals surface area contributed by atoms with E-state index in [9.17, 15) is 18.8 Å². The van der Waals surface area contributed by atoms with Crippen LogP contribution >= 0.6 is 0 Å². The molecular formula is C20H17FN4O4. The Balaban J connectivity index is 1.81. The van der Waals surface area contributed by atoms with E-state index >= 15 is 0 Å². The summed E-state index contributed by atoms with van der Waals surface area (Å²) in [7, 11) is 0. The normalized spacial score (nSPS) is 13.8. The van der Waals surface area contributed by atoms with Crippen molar-refractivity contribution in [2.75, 3.05) is 12.3 Å². The van der Waals surface area contributed by atoms with Gasteiger partial charge in [0.2, 0.25) is 6.23 Å². The van der Waals surface area contributed by atoms with Gasteiger partial charge in [0.25, 0.3) is 17.7 Å². The molecule has 0 spiro atoms. The highest BCUT2D eigenvalue weighted by molar-refractivity contribution is 6.22. The van der Waals surface area contributed by atoms with Crippen LogP contribution in [0.1, 0.15) is 38.8 Å². The van der Waals surface area contributed by atoms with Crippen LogP contribution in [0.25, 0.3) is 0 Å². The van der Waals surface area contributed by atoms with Crippen LogP contribution in [0.15, 0.2) is 36.4 Å². The second kappa shape index (κ2) is 8.08. The summed E-state index contributed by atoms with van der Waals surface area (Å²) in [4.78, 5) is 38.5. The summed E-state index contributed by atoms with van der Waals surface area (Å²) in [5, 5.41) is 11.4. The van der Waals surface area contributed by atoms with Gasteiger partial charge >= 0.3 is 0 Å². The summed E-state index contributed by atoms with van der Waals surface area (Å²) in [6.45, 7) is 1.61. The van der Waals surface area contributed by atoms with Crippen LogP contribution in [-0.2, 0) is 16.1 Å². The Labute approximate surface area is 165 Å². The number of hydrogen-bond donors (Lipinski definition) is 2. The number of benzene rings is 2. The van der Waals surface area contributed by atoms with Crippen LogP contribution in [0.4, 0.5) is 10.1 Å². The Morgan fingerprint density at radius 1 is 1.31 bits per heavy atom. The Morgan fingerprint density at radius 2 is 2.07 bits per heavy atom. The van der Waals surface area contributed by atoms with Crippen molar-refractivity contribution >= 4 is 23.4 Å². The number of nitrogens with two attached hydrogens (primary N) is 1. The maximum Gasteiger partial charge on any atom is 0.271 e. The van der Waals surface area contributed by atoms with E-state index in [1.165, 1.54) is 18.2 Å². The second-order valence-electron chi connectivity index (χ2n) is 6.19. The highest BCUT2D eigenvalue weighted by Crippen LogP contribution is 2.27. The molecule has 0 aromatic heterocycles. The van der Waals surface area contributed by atoms with E-state index in [2.05, 4.69) is 5.32 Å². The number of nitrogens with zero attached hydrogens (tertiary/aromatic N) is 2. The first-order valence-electron chi connectivity index (χ1n) is 8.73. The van der Waals surface area contributed by atoms with E-state index in [0.717, 1.165) is 6.07 Å². The summed E-state index contributed by atoms with van der Waals surface area (Å²) in [5.41, 5.74) is 6.58. The standard InChI is InChI=1S/C20H17FN4O4/c1-2-29-20(17(26)24-10-12-7-6-11(9-22)8-15(12)23)25-18(27)13-4-3-5-14(21)16(13)19(25)28/h3-8,20H,2,10,23H2,1H3,(H,24,26). The Morgan fingerprint density at radius 3 is 2.69 bits per heavy atom. The number of halogens is 1. The molecule has 1 aliphatic rings. The molecule has 8 nitrogen and oxygen atoms in total. The van der Waals surface area contributed by atoms with Gasteiger partial charge in [-0.1, -0.05) is 12.1 Å². The van der Waals surface area contributed by atoms with Crippen molar-refractivity contribution in [3.8, 4) is 6.07 Å². The van der Waals surface area contributed by atoms with Crippen LogP contribution in [0.5, 0.6) is 0 Å². The second-order valence-corrected chi connectivity index (χ2v) is 6.19. The van der Waals surface area contributed by atoms with Gasteiger partial charge in [-0.3, -0.25) is 14.4 Å². The molecule has 0 aliphatic carbocycles. The monoisotopic (exact) mass is 396 g/mol. The minimum atomic E-state index is -1.56. The number of nitrogens with one attached hydrogen (secondary N) is 1. The fourth-order valence-corrected chi connectivity index (χ4v) is 3.00. The molecule has 0 saturated carbocycles. The van der Waals surface area contributed by atoms with E-state index in [1.807, 2.05) is 6.07 Å². The molecule has 1 atom stereocenters. The van der Waals surface area contributed by atoms with E-state index in [-0.39, 0.29) is 24.3 Å².